The molecule has 118 valence electrons. The number of hydrogen-bond donors (Lipinski definition) is 2. The minimum Gasteiger partial charge on any atom is -0.389 e. The van der Waals surface area contributed by atoms with Crippen molar-refractivity contribution < 1.29 is 14.2 Å². The minimum atomic E-state index is -0.681. The van der Waals surface area contributed by atoms with Crippen molar-refractivity contribution >= 4 is 17.3 Å². The van der Waals surface area contributed by atoms with Gasteiger partial charge in [0, 0.05) is 6.54 Å². The second-order valence-corrected chi connectivity index (χ2v) is 6.25. The van der Waals surface area contributed by atoms with E-state index in [2.05, 4.69) is 12.2 Å². The topological polar surface area (TPSA) is 41.5 Å². The van der Waals surface area contributed by atoms with E-state index in [4.69, 9.17) is 16.3 Å². The van der Waals surface area contributed by atoms with Crippen LogP contribution in [0.5, 0.6) is 0 Å². The Labute approximate surface area is 130 Å². The molecule has 0 saturated heterocycles. The van der Waals surface area contributed by atoms with Crippen molar-refractivity contribution in [2.24, 2.45) is 5.92 Å². The number of hydrogen-bond acceptors (Lipinski definition) is 3. The van der Waals surface area contributed by atoms with Crippen LogP contribution in [0, 0.1) is 11.7 Å². The molecule has 0 amide bonds. The molecule has 1 aliphatic rings. The number of halogens is 2. The molecule has 2 rings (SSSR count). The monoisotopic (exact) mass is 315 g/mol. The Morgan fingerprint density at radius 2 is 2.10 bits per heavy atom. The van der Waals surface area contributed by atoms with Crippen LogP contribution in [-0.2, 0) is 4.74 Å². The van der Waals surface area contributed by atoms with Gasteiger partial charge < -0.3 is 15.2 Å². The SMILES string of the molecule is CC1CCC(OCC(O)CNc2c(F)cccc2Cl)CC1. The lowest BCUT2D eigenvalue weighted by Crippen LogP contribution is -2.29. The first-order valence-corrected chi connectivity index (χ1v) is 7.91. The summed E-state index contributed by atoms with van der Waals surface area (Å²) in [6, 6.07) is 4.49. The van der Waals surface area contributed by atoms with Crippen LogP contribution in [0.3, 0.4) is 0 Å². The number of para-hydroxylation sites is 1. The van der Waals surface area contributed by atoms with E-state index in [-0.39, 0.29) is 24.9 Å². The number of benzene rings is 1. The Bertz CT molecular complexity index is 430. The van der Waals surface area contributed by atoms with Crippen LogP contribution < -0.4 is 5.32 Å². The maximum atomic E-state index is 13.6. The number of anilines is 1. The lowest BCUT2D eigenvalue weighted by atomic mass is 9.89. The fourth-order valence-electron chi connectivity index (χ4n) is 2.59. The highest BCUT2D eigenvalue weighted by Gasteiger charge is 2.19. The Balaban J connectivity index is 1.71. The molecular formula is C16H23ClFNO2. The summed E-state index contributed by atoms with van der Waals surface area (Å²) < 4.78 is 19.3. The first-order valence-electron chi connectivity index (χ1n) is 7.53. The number of nitrogens with one attached hydrogen (secondary N) is 1. The maximum Gasteiger partial charge on any atom is 0.147 e. The van der Waals surface area contributed by atoms with Gasteiger partial charge in [-0.2, -0.15) is 0 Å². The molecule has 0 aromatic heterocycles. The highest BCUT2D eigenvalue weighted by atomic mass is 35.5. The van der Waals surface area contributed by atoms with Crippen LogP contribution in [0.15, 0.2) is 18.2 Å². The average molecular weight is 316 g/mol. The highest BCUT2D eigenvalue weighted by molar-refractivity contribution is 6.33. The Kier molecular flexibility index (Phi) is 6.27. The van der Waals surface area contributed by atoms with Crippen molar-refractivity contribution in [3.8, 4) is 0 Å². The molecule has 3 nitrogen and oxygen atoms in total. The van der Waals surface area contributed by atoms with Crippen molar-refractivity contribution in [3.05, 3.63) is 29.0 Å². The molecule has 1 fully saturated rings. The van der Waals surface area contributed by atoms with Crippen molar-refractivity contribution in [1.29, 1.82) is 0 Å². The zero-order valence-corrected chi connectivity index (χ0v) is 13.1. The van der Waals surface area contributed by atoms with Gasteiger partial charge in [0.1, 0.15) is 5.82 Å². The zero-order valence-electron chi connectivity index (χ0n) is 12.3. The summed E-state index contributed by atoms with van der Waals surface area (Å²) in [5.74, 6) is 0.358. The molecule has 0 aliphatic heterocycles. The molecule has 1 saturated carbocycles. The van der Waals surface area contributed by atoms with Gasteiger partial charge in [-0.25, -0.2) is 4.39 Å². The number of rotatable bonds is 6. The van der Waals surface area contributed by atoms with Crippen LogP contribution in [0.25, 0.3) is 0 Å². The summed E-state index contributed by atoms with van der Waals surface area (Å²) in [4.78, 5) is 0. The molecule has 0 bridgehead atoms. The molecule has 1 aromatic carbocycles. The molecule has 21 heavy (non-hydrogen) atoms. The second-order valence-electron chi connectivity index (χ2n) is 5.85. The van der Waals surface area contributed by atoms with Crippen molar-refractivity contribution in [3.63, 3.8) is 0 Å². The molecule has 2 N–H and O–H groups in total. The molecule has 0 spiro atoms. The molecule has 0 radical (unpaired) electrons. The van der Waals surface area contributed by atoms with E-state index in [0.717, 1.165) is 18.8 Å². The summed E-state index contributed by atoms with van der Waals surface area (Å²) in [5, 5.41) is 13.1. The number of aliphatic hydroxyl groups is 1. The smallest absolute Gasteiger partial charge is 0.147 e. The van der Waals surface area contributed by atoms with Gasteiger partial charge in [-0.3, -0.25) is 0 Å². The first-order chi connectivity index (χ1) is 10.1. The lowest BCUT2D eigenvalue weighted by molar-refractivity contribution is -0.0245. The lowest BCUT2D eigenvalue weighted by Gasteiger charge is -2.27. The minimum absolute atomic E-state index is 0.212. The van der Waals surface area contributed by atoms with E-state index in [1.807, 2.05) is 0 Å². The molecule has 1 unspecified atom stereocenters. The summed E-state index contributed by atoms with van der Waals surface area (Å²) in [6.45, 7) is 2.73. The fraction of sp³-hybridized carbons (Fsp3) is 0.625. The molecule has 1 aliphatic carbocycles. The standard InChI is InChI=1S/C16H23ClFNO2/c1-11-5-7-13(8-6-11)21-10-12(20)9-19-16-14(17)3-2-4-15(16)18/h2-4,11-13,19-20H,5-10H2,1H3. The second kappa shape index (κ2) is 7.97. The summed E-state index contributed by atoms with van der Waals surface area (Å²) in [7, 11) is 0. The molecule has 0 heterocycles. The Morgan fingerprint density at radius 1 is 1.38 bits per heavy atom. The van der Waals surface area contributed by atoms with Gasteiger partial charge in [0.25, 0.3) is 0 Å². The van der Waals surface area contributed by atoms with Crippen LogP contribution >= 0.6 is 11.6 Å². The van der Waals surface area contributed by atoms with Crippen molar-refractivity contribution in [2.45, 2.75) is 44.8 Å². The van der Waals surface area contributed by atoms with Gasteiger partial charge in [0.05, 0.1) is 29.5 Å². The average Bonchev–Trinajstić information content (AvgIpc) is 2.46. The third-order valence-corrected chi connectivity index (χ3v) is 4.28. The van der Waals surface area contributed by atoms with Gasteiger partial charge >= 0.3 is 0 Å². The predicted octanol–water partition coefficient (Wildman–Crippen LogP) is 3.85. The summed E-state index contributed by atoms with van der Waals surface area (Å²) >= 11 is 5.91. The Hall–Kier alpha value is -0.840. The predicted molar refractivity (Wildman–Crippen MR) is 83.3 cm³/mol. The molecule has 1 atom stereocenters. The maximum absolute atomic E-state index is 13.6. The van der Waals surface area contributed by atoms with Gasteiger partial charge in [0.2, 0.25) is 0 Å². The zero-order chi connectivity index (χ0) is 15.2. The summed E-state index contributed by atoms with van der Waals surface area (Å²) in [5.41, 5.74) is 0.227. The van der Waals surface area contributed by atoms with Crippen molar-refractivity contribution in [2.75, 3.05) is 18.5 Å². The number of ether oxygens (including phenoxy) is 1. The van der Waals surface area contributed by atoms with Crippen LogP contribution in [0.4, 0.5) is 10.1 Å². The quantitative estimate of drug-likeness (QED) is 0.838. The van der Waals surface area contributed by atoms with Crippen LogP contribution in [0.1, 0.15) is 32.6 Å². The normalized spacial score (nSPS) is 23.8. The highest BCUT2D eigenvalue weighted by Crippen LogP contribution is 2.26. The molecule has 1 aromatic rings. The van der Waals surface area contributed by atoms with Gasteiger partial charge in [-0.1, -0.05) is 24.6 Å². The van der Waals surface area contributed by atoms with E-state index < -0.39 is 11.9 Å². The Morgan fingerprint density at radius 3 is 2.76 bits per heavy atom. The van der Waals surface area contributed by atoms with E-state index in [0.29, 0.717) is 5.02 Å². The fourth-order valence-corrected chi connectivity index (χ4v) is 2.82. The number of aliphatic hydroxyl groups excluding tert-OH is 1. The van der Waals surface area contributed by atoms with Gasteiger partial charge in [-0.05, 0) is 43.7 Å². The van der Waals surface area contributed by atoms with Crippen molar-refractivity contribution in [1.82, 2.24) is 0 Å². The van der Waals surface area contributed by atoms with E-state index in [1.54, 1.807) is 12.1 Å². The van der Waals surface area contributed by atoms with E-state index >= 15 is 0 Å². The molecule has 5 heteroatoms. The van der Waals surface area contributed by atoms with Gasteiger partial charge in [0.15, 0.2) is 0 Å². The van der Waals surface area contributed by atoms with E-state index in [9.17, 15) is 9.50 Å². The summed E-state index contributed by atoms with van der Waals surface area (Å²) in [6.07, 6.45) is 4.04. The third kappa shape index (κ3) is 5.13. The van der Waals surface area contributed by atoms with Gasteiger partial charge in [-0.15, -0.1) is 0 Å². The van der Waals surface area contributed by atoms with Crippen LogP contribution in [-0.4, -0.2) is 30.5 Å². The third-order valence-electron chi connectivity index (χ3n) is 3.96. The molecular weight excluding hydrogens is 293 g/mol. The van der Waals surface area contributed by atoms with Crippen LogP contribution in [0.2, 0.25) is 5.02 Å². The first kappa shape index (κ1) is 16.5. The van der Waals surface area contributed by atoms with E-state index in [1.165, 1.54) is 18.9 Å². The largest absolute Gasteiger partial charge is 0.389 e.